The summed E-state index contributed by atoms with van der Waals surface area (Å²) >= 11 is 0. The van der Waals surface area contributed by atoms with Gasteiger partial charge < -0.3 is 20.1 Å². The van der Waals surface area contributed by atoms with Gasteiger partial charge in [0.05, 0.1) is 0 Å². The molecule has 4 nitrogen and oxygen atoms in total. The van der Waals surface area contributed by atoms with Crippen LogP contribution in [0.4, 0.5) is 0 Å². The molecule has 0 bridgehead atoms. The monoisotopic (exact) mass is 290 g/mol. The van der Waals surface area contributed by atoms with E-state index in [1.54, 1.807) is 0 Å². The van der Waals surface area contributed by atoms with E-state index in [1.807, 2.05) is 12.1 Å². The first-order valence-electron chi connectivity index (χ1n) is 7.99. The van der Waals surface area contributed by atoms with Gasteiger partial charge in [-0.25, -0.2) is 0 Å². The molecule has 0 amide bonds. The molecule has 1 fully saturated rings. The highest BCUT2D eigenvalue weighted by molar-refractivity contribution is 5.44. The Morgan fingerprint density at radius 1 is 1.14 bits per heavy atom. The third-order valence-corrected chi connectivity index (χ3v) is 4.39. The van der Waals surface area contributed by atoms with E-state index in [4.69, 9.17) is 15.2 Å². The quantitative estimate of drug-likeness (QED) is 0.929. The molecule has 1 aromatic rings. The maximum atomic E-state index is 6.41. The van der Waals surface area contributed by atoms with Crippen molar-refractivity contribution in [3.05, 3.63) is 23.8 Å². The summed E-state index contributed by atoms with van der Waals surface area (Å²) in [7, 11) is 0. The standard InChI is InChI=1S/C17H26N2O2/c1-12-7-13(2)10-19(9-12)11-15(18)14-3-4-16-17(8-14)21-6-5-20-16/h3-4,8,12-13,15H,5-7,9-11,18H2,1-2H3. The zero-order valence-electron chi connectivity index (χ0n) is 13.0. The Labute approximate surface area is 127 Å². The number of ether oxygens (including phenoxy) is 2. The topological polar surface area (TPSA) is 47.7 Å². The number of rotatable bonds is 3. The van der Waals surface area contributed by atoms with Crippen LogP contribution in [0.2, 0.25) is 0 Å². The number of hydrogen-bond acceptors (Lipinski definition) is 4. The van der Waals surface area contributed by atoms with Crippen molar-refractivity contribution in [1.82, 2.24) is 4.90 Å². The molecule has 3 unspecified atom stereocenters. The highest BCUT2D eigenvalue weighted by atomic mass is 16.6. The van der Waals surface area contributed by atoms with Crippen molar-refractivity contribution in [2.45, 2.75) is 26.3 Å². The van der Waals surface area contributed by atoms with Gasteiger partial charge in [0.25, 0.3) is 0 Å². The molecule has 2 heterocycles. The Morgan fingerprint density at radius 3 is 2.52 bits per heavy atom. The molecule has 0 saturated carbocycles. The van der Waals surface area contributed by atoms with E-state index in [1.165, 1.54) is 6.42 Å². The third-order valence-electron chi connectivity index (χ3n) is 4.39. The van der Waals surface area contributed by atoms with Crippen LogP contribution in [0.3, 0.4) is 0 Å². The molecule has 0 spiro atoms. The molecule has 0 aromatic heterocycles. The van der Waals surface area contributed by atoms with E-state index in [0.717, 1.165) is 48.5 Å². The lowest BCUT2D eigenvalue weighted by molar-refractivity contribution is 0.134. The van der Waals surface area contributed by atoms with E-state index in [2.05, 4.69) is 24.8 Å². The van der Waals surface area contributed by atoms with Crippen LogP contribution in [0.25, 0.3) is 0 Å². The van der Waals surface area contributed by atoms with Crippen LogP contribution in [0, 0.1) is 11.8 Å². The molecule has 21 heavy (non-hydrogen) atoms. The fourth-order valence-corrected chi connectivity index (χ4v) is 3.62. The number of nitrogens with zero attached hydrogens (tertiary/aromatic N) is 1. The van der Waals surface area contributed by atoms with Crippen LogP contribution in [0.5, 0.6) is 11.5 Å². The normalized spacial score (nSPS) is 27.4. The van der Waals surface area contributed by atoms with Gasteiger partial charge in [0, 0.05) is 25.7 Å². The maximum Gasteiger partial charge on any atom is 0.161 e. The zero-order valence-corrected chi connectivity index (χ0v) is 13.0. The van der Waals surface area contributed by atoms with Crippen molar-refractivity contribution >= 4 is 0 Å². The number of likely N-dealkylation sites (tertiary alicyclic amines) is 1. The van der Waals surface area contributed by atoms with Crippen molar-refractivity contribution in [3.8, 4) is 11.5 Å². The van der Waals surface area contributed by atoms with Crippen LogP contribution in [0.15, 0.2) is 18.2 Å². The minimum absolute atomic E-state index is 0.0262. The predicted octanol–water partition coefficient (Wildman–Crippen LogP) is 2.44. The minimum Gasteiger partial charge on any atom is -0.486 e. The van der Waals surface area contributed by atoms with Crippen LogP contribution in [-0.2, 0) is 0 Å². The van der Waals surface area contributed by atoms with Gasteiger partial charge in [0.2, 0.25) is 0 Å². The second-order valence-electron chi connectivity index (χ2n) is 6.67. The molecule has 3 atom stereocenters. The minimum atomic E-state index is 0.0262. The van der Waals surface area contributed by atoms with Gasteiger partial charge in [0.1, 0.15) is 13.2 Å². The fraction of sp³-hybridized carbons (Fsp3) is 0.647. The van der Waals surface area contributed by atoms with Gasteiger partial charge in [-0.05, 0) is 36.0 Å². The molecule has 3 rings (SSSR count). The van der Waals surface area contributed by atoms with Crippen LogP contribution < -0.4 is 15.2 Å². The van der Waals surface area contributed by atoms with Gasteiger partial charge in [0.15, 0.2) is 11.5 Å². The molecule has 116 valence electrons. The summed E-state index contributed by atoms with van der Waals surface area (Å²) in [6, 6.07) is 6.11. The molecule has 4 heteroatoms. The van der Waals surface area contributed by atoms with E-state index in [0.29, 0.717) is 13.2 Å². The number of nitrogens with two attached hydrogens (primary N) is 1. The molecule has 2 aliphatic rings. The van der Waals surface area contributed by atoms with Gasteiger partial charge in [-0.2, -0.15) is 0 Å². The number of benzene rings is 1. The van der Waals surface area contributed by atoms with Crippen molar-refractivity contribution < 1.29 is 9.47 Å². The van der Waals surface area contributed by atoms with E-state index in [9.17, 15) is 0 Å². The van der Waals surface area contributed by atoms with Crippen molar-refractivity contribution in [2.75, 3.05) is 32.8 Å². The van der Waals surface area contributed by atoms with E-state index in [-0.39, 0.29) is 6.04 Å². The van der Waals surface area contributed by atoms with Crippen molar-refractivity contribution in [1.29, 1.82) is 0 Å². The highest BCUT2D eigenvalue weighted by Crippen LogP contribution is 2.32. The summed E-state index contributed by atoms with van der Waals surface area (Å²) in [6.07, 6.45) is 1.33. The number of piperidine rings is 1. The van der Waals surface area contributed by atoms with Crippen molar-refractivity contribution in [3.63, 3.8) is 0 Å². The molecule has 1 saturated heterocycles. The van der Waals surface area contributed by atoms with Gasteiger partial charge in [-0.15, -0.1) is 0 Å². The molecule has 2 N–H and O–H groups in total. The zero-order chi connectivity index (χ0) is 14.8. The van der Waals surface area contributed by atoms with Crippen LogP contribution >= 0.6 is 0 Å². The van der Waals surface area contributed by atoms with E-state index < -0.39 is 0 Å². The molecule has 0 aliphatic carbocycles. The molecule has 1 aromatic carbocycles. The molecular formula is C17H26N2O2. The van der Waals surface area contributed by atoms with Crippen LogP contribution in [0.1, 0.15) is 31.9 Å². The Kier molecular flexibility index (Phi) is 4.36. The highest BCUT2D eigenvalue weighted by Gasteiger charge is 2.24. The first-order valence-corrected chi connectivity index (χ1v) is 7.99. The van der Waals surface area contributed by atoms with Crippen molar-refractivity contribution in [2.24, 2.45) is 17.6 Å². The van der Waals surface area contributed by atoms with Crippen LogP contribution in [-0.4, -0.2) is 37.7 Å². The maximum absolute atomic E-state index is 6.41. The van der Waals surface area contributed by atoms with Gasteiger partial charge >= 0.3 is 0 Å². The average Bonchev–Trinajstić information content (AvgIpc) is 2.45. The van der Waals surface area contributed by atoms with Gasteiger partial charge in [-0.3, -0.25) is 0 Å². The largest absolute Gasteiger partial charge is 0.486 e. The average molecular weight is 290 g/mol. The van der Waals surface area contributed by atoms with E-state index >= 15 is 0 Å². The summed E-state index contributed by atoms with van der Waals surface area (Å²) in [5, 5.41) is 0. The summed E-state index contributed by atoms with van der Waals surface area (Å²) in [5.74, 6) is 3.19. The lowest BCUT2D eigenvalue weighted by Crippen LogP contribution is -2.42. The predicted molar refractivity (Wildman–Crippen MR) is 83.7 cm³/mol. The summed E-state index contributed by atoms with van der Waals surface area (Å²) < 4.78 is 11.2. The Bertz CT molecular complexity index is 482. The SMILES string of the molecule is CC1CC(C)CN(CC(N)c2ccc3c(c2)OCCO3)C1. The smallest absolute Gasteiger partial charge is 0.161 e. The molecule has 2 aliphatic heterocycles. The first-order chi connectivity index (χ1) is 10.1. The Morgan fingerprint density at radius 2 is 1.81 bits per heavy atom. The molecular weight excluding hydrogens is 264 g/mol. The van der Waals surface area contributed by atoms with Gasteiger partial charge in [-0.1, -0.05) is 19.9 Å². The lowest BCUT2D eigenvalue weighted by atomic mass is 9.91. The lowest BCUT2D eigenvalue weighted by Gasteiger charge is -2.36. The Hall–Kier alpha value is -1.26. The summed E-state index contributed by atoms with van der Waals surface area (Å²) in [6.45, 7) is 9.13. The second-order valence-corrected chi connectivity index (χ2v) is 6.67. The Balaban J connectivity index is 1.66. The number of fused-ring (bicyclic) bond motifs is 1. The third kappa shape index (κ3) is 3.50. The molecule has 0 radical (unpaired) electrons. The fourth-order valence-electron chi connectivity index (χ4n) is 3.62. The summed E-state index contributed by atoms with van der Waals surface area (Å²) in [5.41, 5.74) is 7.54. The summed E-state index contributed by atoms with van der Waals surface area (Å²) in [4.78, 5) is 2.50. The first kappa shape index (κ1) is 14.7. The number of hydrogen-bond donors (Lipinski definition) is 1. The second kappa shape index (κ2) is 6.24.